The molecule has 3 aromatic carbocycles. The summed E-state index contributed by atoms with van der Waals surface area (Å²) < 4.78 is 27.4. The van der Waals surface area contributed by atoms with Crippen LogP contribution < -0.4 is 0 Å². The Bertz CT molecular complexity index is 4220. The quantitative estimate of drug-likeness (QED) is 0.152. The average molecular weight is 1030 g/mol. The highest BCUT2D eigenvalue weighted by Gasteiger charge is 2.49. The summed E-state index contributed by atoms with van der Waals surface area (Å²) in [7, 11) is 0. The van der Waals surface area contributed by atoms with Crippen LogP contribution in [-0.2, 0) is 17.3 Å². The molecule has 7 nitrogen and oxygen atoms in total. The number of carbonyl (C=O) groups excluding carboxylic acids is 1. The lowest BCUT2D eigenvalue weighted by Gasteiger charge is -2.25. The molecule has 8 heterocycles. The van der Waals surface area contributed by atoms with Gasteiger partial charge < -0.3 is 0 Å². The normalized spacial score (nSPS) is 17.4. The molecule has 0 amide bonds. The molecule has 0 N–H and O–H groups in total. The van der Waals surface area contributed by atoms with Crippen LogP contribution in [0, 0.1) is 35.0 Å². The molecule has 330 valence electrons. The summed E-state index contributed by atoms with van der Waals surface area (Å²) in [4.78, 5) is 22.1. The molecule has 3 aliphatic rings. The number of aromatic nitrogens is 4. The van der Waals surface area contributed by atoms with Crippen LogP contribution in [0.3, 0.4) is 0 Å². The minimum atomic E-state index is -0.956. The minimum absolute atomic E-state index is 0.0103. The van der Waals surface area contributed by atoms with Gasteiger partial charge in [0.2, 0.25) is 0 Å². The van der Waals surface area contributed by atoms with E-state index in [9.17, 15) is 15.3 Å². The maximum absolute atomic E-state index is 13.9. The van der Waals surface area contributed by atoms with Crippen LogP contribution in [0.2, 0.25) is 0 Å². The number of fused-ring (bicyclic) bond motifs is 16. The van der Waals surface area contributed by atoms with E-state index < -0.39 is 5.41 Å². The standard InChI is InChI=1S/C53H34N6OS8/c1-22-13-15-27(40-38(22)56-67-58-40)29-18-31-42(61-29)34-44(63-31)46-36(51(34,2)3)48-49(65-46)37-47(66-48)45-35(52(37,4)5)43-32(64-45)19-30(62-43)28-16-14-23(39-41(28)59-68-57-39)10-9-17-53(6)33(24(20-54)21-55)25-11-7-8-12-26(25)50(53)60/h7-8,11-16,18-19H,9-10,17H2,1-6H3. The molecule has 1 atom stereocenters. The minimum Gasteiger partial charge on any atom is -0.293 e. The molecule has 0 saturated carbocycles. The van der Waals surface area contributed by atoms with Crippen molar-refractivity contribution < 1.29 is 4.79 Å². The van der Waals surface area contributed by atoms with Crippen molar-refractivity contribution in [1.82, 2.24) is 17.5 Å². The van der Waals surface area contributed by atoms with E-state index in [1.165, 1.54) is 114 Å². The Kier molecular flexibility index (Phi) is 8.66. The monoisotopic (exact) mass is 1030 g/mol. The number of Topliss-reactive ketones (excluding diaryl/α,β-unsaturated/α-hetero) is 1. The Balaban J connectivity index is 0.779. The number of aryl methyl sites for hydroxylation is 2. The van der Waals surface area contributed by atoms with Gasteiger partial charge in [0.25, 0.3) is 0 Å². The molecule has 8 aromatic heterocycles. The van der Waals surface area contributed by atoms with E-state index in [1.807, 2.05) is 93.1 Å². The highest BCUT2D eigenvalue weighted by Crippen LogP contribution is 2.68. The fraction of sp³-hybridized carbons (Fsp3) is 0.226. The molecular formula is C53H34N6OS8. The lowest BCUT2D eigenvalue weighted by atomic mass is 9.75. The van der Waals surface area contributed by atoms with Gasteiger partial charge in [-0.05, 0) is 84.2 Å². The van der Waals surface area contributed by atoms with Crippen molar-refractivity contribution in [1.29, 1.82) is 10.5 Å². The lowest BCUT2D eigenvalue weighted by Crippen LogP contribution is -2.24. The Morgan fingerprint density at radius 1 is 0.574 bits per heavy atom. The topological polar surface area (TPSA) is 116 Å². The lowest BCUT2D eigenvalue weighted by molar-refractivity contribution is 0.0880. The molecule has 0 radical (unpaired) electrons. The first-order valence-electron chi connectivity index (χ1n) is 22.2. The van der Waals surface area contributed by atoms with Gasteiger partial charge in [-0.1, -0.05) is 76.2 Å². The third-order valence-electron chi connectivity index (χ3n) is 14.9. The molecule has 0 saturated heterocycles. The first-order valence-corrected chi connectivity index (χ1v) is 28.6. The summed E-state index contributed by atoms with van der Waals surface area (Å²) in [5.74, 6) is -0.0294. The van der Waals surface area contributed by atoms with Crippen molar-refractivity contribution in [3.05, 3.63) is 111 Å². The Morgan fingerprint density at radius 3 is 1.66 bits per heavy atom. The number of hydrogen-bond donors (Lipinski definition) is 0. The first kappa shape index (κ1) is 41.6. The second-order valence-electron chi connectivity index (χ2n) is 19.4. The van der Waals surface area contributed by atoms with Crippen molar-refractivity contribution >= 4 is 153 Å². The fourth-order valence-electron chi connectivity index (χ4n) is 11.7. The third kappa shape index (κ3) is 5.26. The predicted octanol–water partition coefficient (Wildman–Crippen LogP) is 16.8. The zero-order valence-electron chi connectivity index (χ0n) is 37.3. The van der Waals surface area contributed by atoms with Crippen LogP contribution in [0.5, 0.6) is 0 Å². The summed E-state index contributed by atoms with van der Waals surface area (Å²) in [6.45, 7) is 13.8. The van der Waals surface area contributed by atoms with Crippen LogP contribution in [-0.4, -0.2) is 23.3 Å². The molecule has 0 aliphatic heterocycles. The number of nitrogens with zero attached hydrogens (tertiary/aromatic N) is 6. The molecule has 0 bridgehead atoms. The van der Waals surface area contributed by atoms with Gasteiger partial charge in [0.05, 0.1) is 67.2 Å². The maximum atomic E-state index is 13.9. The van der Waals surface area contributed by atoms with Gasteiger partial charge in [0.15, 0.2) is 5.78 Å². The molecule has 15 heteroatoms. The van der Waals surface area contributed by atoms with Gasteiger partial charge in [-0.3, -0.25) is 4.79 Å². The maximum Gasteiger partial charge on any atom is 0.173 e. The van der Waals surface area contributed by atoms with Gasteiger partial charge in [0, 0.05) is 52.2 Å². The number of nitriles is 2. The number of thiophene rings is 6. The number of ketones is 1. The second-order valence-corrected chi connectivity index (χ2v) is 26.7. The molecule has 3 aliphatic carbocycles. The average Bonchev–Trinajstić information content (AvgIpc) is 4.16. The largest absolute Gasteiger partial charge is 0.293 e. The summed E-state index contributed by atoms with van der Waals surface area (Å²) in [5.41, 5.74) is 15.0. The SMILES string of the molecule is Cc1ccc(-c2cc3sc4c(c3s2)C(C)(C)c2c-4sc3c4c(sc23)-c2sc3cc(-c5ccc(CCCC6(C)C(=O)c7ccccc7C6=C(C#N)C#N)c6nsnc56)sc3c2C4(C)C)c2nsnc12. The smallest absolute Gasteiger partial charge is 0.173 e. The van der Waals surface area contributed by atoms with Crippen LogP contribution >= 0.6 is 91.5 Å². The number of carbonyl (C=O) groups is 1. The number of benzene rings is 3. The van der Waals surface area contributed by atoms with E-state index in [-0.39, 0.29) is 22.2 Å². The van der Waals surface area contributed by atoms with Gasteiger partial charge in [-0.25, -0.2) is 0 Å². The number of allylic oxidation sites excluding steroid dienone is 2. The molecule has 14 rings (SSSR count). The van der Waals surface area contributed by atoms with Crippen LogP contribution in [0.15, 0.2) is 66.2 Å². The van der Waals surface area contributed by atoms with Crippen molar-refractivity contribution in [3.63, 3.8) is 0 Å². The van der Waals surface area contributed by atoms with E-state index in [0.29, 0.717) is 36.0 Å². The van der Waals surface area contributed by atoms with E-state index in [4.69, 9.17) is 13.1 Å². The van der Waals surface area contributed by atoms with E-state index >= 15 is 0 Å². The third-order valence-corrected chi connectivity index (χ3v) is 23.7. The molecule has 68 heavy (non-hydrogen) atoms. The molecule has 0 fully saturated rings. The van der Waals surface area contributed by atoms with E-state index in [1.54, 1.807) is 6.07 Å². The van der Waals surface area contributed by atoms with E-state index in [0.717, 1.165) is 33.2 Å². The summed E-state index contributed by atoms with van der Waals surface area (Å²) in [6.07, 6.45) is 1.89. The number of rotatable bonds is 6. The van der Waals surface area contributed by atoms with E-state index in [2.05, 4.69) is 87.5 Å². The summed E-state index contributed by atoms with van der Waals surface area (Å²) >= 11 is 14.3. The summed E-state index contributed by atoms with van der Waals surface area (Å²) in [6, 6.07) is 25.0. The fourth-order valence-corrected chi connectivity index (χ4v) is 22.6. The van der Waals surface area contributed by atoms with Crippen molar-refractivity contribution in [3.8, 4) is 52.5 Å². The number of hydrogen-bond acceptors (Lipinski definition) is 15. The molecule has 0 spiro atoms. The van der Waals surface area contributed by atoms with Gasteiger partial charge >= 0.3 is 0 Å². The van der Waals surface area contributed by atoms with Gasteiger partial charge in [-0.15, -0.1) is 68.0 Å². The Labute approximate surface area is 422 Å². The molecule has 1 unspecified atom stereocenters. The molecule has 11 aromatic rings. The van der Waals surface area contributed by atoms with Crippen molar-refractivity contribution in [2.75, 3.05) is 0 Å². The predicted molar refractivity (Wildman–Crippen MR) is 289 cm³/mol. The highest BCUT2D eigenvalue weighted by atomic mass is 32.1. The Hall–Kier alpha value is -5.33. The first-order chi connectivity index (χ1) is 32.8. The van der Waals surface area contributed by atoms with Crippen LogP contribution in [0.1, 0.15) is 96.8 Å². The van der Waals surface area contributed by atoms with Crippen molar-refractivity contribution in [2.45, 2.75) is 71.6 Å². The zero-order valence-corrected chi connectivity index (χ0v) is 43.8. The summed E-state index contributed by atoms with van der Waals surface area (Å²) in [5, 5.41) is 19.8. The van der Waals surface area contributed by atoms with Gasteiger partial charge in [-0.2, -0.15) is 28.0 Å². The molecular weight excluding hydrogens is 993 g/mol. The van der Waals surface area contributed by atoms with Crippen LogP contribution in [0.4, 0.5) is 0 Å². The van der Waals surface area contributed by atoms with Crippen molar-refractivity contribution in [2.24, 2.45) is 5.41 Å². The van der Waals surface area contributed by atoms with Gasteiger partial charge in [0.1, 0.15) is 39.8 Å². The highest BCUT2D eigenvalue weighted by molar-refractivity contribution is 7.38. The zero-order chi connectivity index (χ0) is 46.3. The Morgan fingerprint density at radius 2 is 1.07 bits per heavy atom. The van der Waals surface area contributed by atoms with Crippen LogP contribution in [0.25, 0.3) is 96.2 Å². The second kappa shape index (κ2) is 14.1.